The van der Waals surface area contributed by atoms with Crippen LogP contribution in [-0.2, 0) is 11.3 Å². The fraction of sp³-hybridized carbons (Fsp3) is 0.533. The van der Waals surface area contributed by atoms with Crippen molar-refractivity contribution < 1.29 is 9.90 Å². The van der Waals surface area contributed by atoms with Gasteiger partial charge in [-0.15, -0.1) is 0 Å². The molecule has 0 radical (unpaired) electrons. The molecular weight excluding hydrogens is 240 g/mol. The lowest BCUT2D eigenvalue weighted by Crippen LogP contribution is -2.57. The normalized spacial score (nSPS) is 23.1. The molecule has 1 aromatic rings. The summed E-state index contributed by atoms with van der Waals surface area (Å²) in [5.74, 6) is 0.357. The van der Waals surface area contributed by atoms with Gasteiger partial charge in [0.2, 0.25) is 5.91 Å². The molecule has 0 spiro atoms. The smallest absolute Gasteiger partial charge is 0.242 e. The predicted octanol–water partition coefficient (Wildman–Crippen LogP) is 1.88. The summed E-state index contributed by atoms with van der Waals surface area (Å²) in [7, 11) is 1.81. The van der Waals surface area contributed by atoms with Gasteiger partial charge in [-0.25, -0.2) is 0 Å². The van der Waals surface area contributed by atoms with Crippen LogP contribution in [0.4, 0.5) is 0 Å². The Balaban J connectivity index is 2.03. The van der Waals surface area contributed by atoms with Gasteiger partial charge in [-0.3, -0.25) is 4.79 Å². The van der Waals surface area contributed by atoms with Crippen molar-refractivity contribution in [3.8, 4) is 5.75 Å². The summed E-state index contributed by atoms with van der Waals surface area (Å²) in [6.07, 6.45) is 3.12. The Morgan fingerprint density at radius 2 is 2.26 bits per heavy atom. The van der Waals surface area contributed by atoms with Gasteiger partial charge in [0.15, 0.2) is 0 Å². The molecule has 1 atom stereocenters. The predicted molar refractivity (Wildman–Crippen MR) is 74.8 cm³/mol. The molecule has 1 aliphatic rings. The van der Waals surface area contributed by atoms with Gasteiger partial charge in [0.05, 0.1) is 5.54 Å². The molecule has 1 aliphatic heterocycles. The molecule has 0 aromatic heterocycles. The average molecular weight is 262 g/mol. The number of piperidine rings is 1. The number of phenols is 1. The van der Waals surface area contributed by atoms with E-state index >= 15 is 0 Å². The highest BCUT2D eigenvalue weighted by Crippen LogP contribution is 2.22. The van der Waals surface area contributed by atoms with Gasteiger partial charge in [-0.1, -0.05) is 12.1 Å². The molecule has 19 heavy (non-hydrogen) atoms. The molecule has 1 amide bonds. The summed E-state index contributed by atoms with van der Waals surface area (Å²) >= 11 is 0. The minimum absolute atomic E-state index is 0.121. The third kappa shape index (κ3) is 3.26. The first-order valence-corrected chi connectivity index (χ1v) is 6.80. The summed E-state index contributed by atoms with van der Waals surface area (Å²) in [6.45, 7) is 3.40. The molecular formula is C15H22N2O2. The minimum atomic E-state index is -0.441. The van der Waals surface area contributed by atoms with E-state index < -0.39 is 5.54 Å². The van der Waals surface area contributed by atoms with E-state index in [9.17, 15) is 9.90 Å². The Hall–Kier alpha value is -1.55. The fourth-order valence-electron chi connectivity index (χ4n) is 2.66. The van der Waals surface area contributed by atoms with Gasteiger partial charge in [0.1, 0.15) is 5.75 Å². The molecule has 2 N–H and O–H groups in total. The highest BCUT2D eigenvalue weighted by Gasteiger charge is 2.36. The van der Waals surface area contributed by atoms with Crippen LogP contribution in [-0.4, -0.2) is 35.0 Å². The van der Waals surface area contributed by atoms with Crippen LogP contribution in [0.1, 0.15) is 31.7 Å². The molecule has 1 saturated heterocycles. The van der Waals surface area contributed by atoms with Gasteiger partial charge in [0.25, 0.3) is 0 Å². The Kier molecular flexibility index (Phi) is 4.10. The summed E-state index contributed by atoms with van der Waals surface area (Å²) in [5, 5.41) is 12.8. The third-order valence-electron chi connectivity index (χ3n) is 3.77. The molecule has 1 unspecified atom stereocenters. The van der Waals surface area contributed by atoms with Crippen LogP contribution in [0.2, 0.25) is 0 Å². The van der Waals surface area contributed by atoms with Gasteiger partial charge < -0.3 is 15.3 Å². The first-order chi connectivity index (χ1) is 9.01. The maximum Gasteiger partial charge on any atom is 0.242 e. The Morgan fingerprint density at radius 1 is 1.47 bits per heavy atom. The summed E-state index contributed by atoms with van der Waals surface area (Å²) in [6, 6.07) is 7.04. The third-order valence-corrected chi connectivity index (χ3v) is 3.77. The van der Waals surface area contributed by atoms with Crippen molar-refractivity contribution >= 4 is 5.91 Å². The first-order valence-electron chi connectivity index (χ1n) is 6.80. The number of benzene rings is 1. The molecule has 1 fully saturated rings. The highest BCUT2D eigenvalue weighted by atomic mass is 16.3. The number of hydrogen-bond acceptors (Lipinski definition) is 3. The number of nitrogens with zero attached hydrogens (tertiary/aromatic N) is 1. The standard InChI is InChI=1S/C15H22N2O2/c1-15(8-3-4-9-16-15)14(19)17(2)11-12-6-5-7-13(18)10-12/h5-7,10,16,18H,3-4,8-9,11H2,1-2H3. The van der Waals surface area contributed by atoms with Crippen molar-refractivity contribution in [1.82, 2.24) is 10.2 Å². The Bertz CT molecular complexity index is 453. The number of rotatable bonds is 3. The van der Waals surface area contributed by atoms with Crippen molar-refractivity contribution in [2.24, 2.45) is 0 Å². The van der Waals surface area contributed by atoms with E-state index in [1.54, 1.807) is 23.1 Å². The van der Waals surface area contributed by atoms with Crippen LogP contribution in [0.5, 0.6) is 5.75 Å². The maximum absolute atomic E-state index is 12.5. The number of hydrogen-bond donors (Lipinski definition) is 2. The van der Waals surface area contributed by atoms with E-state index in [0.29, 0.717) is 6.54 Å². The number of likely N-dealkylation sites (N-methyl/N-ethyl adjacent to an activating group) is 1. The number of carbonyl (C=O) groups excluding carboxylic acids is 1. The fourth-order valence-corrected chi connectivity index (χ4v) is 2.66. The Morgan fingerprint density at radius 3 is 2.89 bits per heavy atom. The molecule has 1 heterocycles. The highest BCUT2D eigenvalue weighted by molar-refractivity contribution is 5.85. The zero-order valence-corrected chi connectivity index (χ0v) is 11.6. The topological polar surface area (TPSA) is 52.6 Å². The zero-order valence-electron chi connectivity index (χ0n) is 11.6. The Labute approximate surface area is 114 Å². The molecule has 2 rings (SSSR count). The van der Waals surface area contributed by atoms with Crippen molar-refractivity contribution in [1.29, 1.82) is 0 Å². The largest absolute Gasteiger partial charge is 0.508 e. The van der Waals surface area contributed by atoms with Crippen molar-refractivity contribution in [2.45, 2.75) is 38.3 Å². The van der Waals surface area contributed by atoms with Crippen molar-refractivity contribution in [3.63, 3.8) is 0 Å². The lowest BCUT2D eigenvalue weighted by atomic mass is 9.89. The second-order valence-electron chi connectivity index (χ2n) is 5.55. The number of aromatic hydroxyl groups is 1. The van der Waals surface area contributed by atoms with Crippen LogP contribution in [0.25, 0.3) is 0 Å². The van der Waals surface area contributed by atoms with Gasteiger partial charge in [-0.05, 0) is 50.4 Å². The SMILES string of the molecule is CN(Cc1cccc(O)c1)C(=O)C1(C)CCCCN1. The molecule has 0 saturated carbocycles. The van der Waals surface area contributed by atoms with Crippen LogP contribution in [0.3, 0.4) is 0 Å². The second-order valence-corrected chi connectivity index (χ2v) is 5.55. The molecule has 0 aliphatic carbocycles. The summed E-state index contributed by atoms with van der Waals surface area (Å²) in [5.41, 5.74) is 0.499. The van der Waals surface area contributed by atoms with E-state index in [-0.39, 0.29) is 11.7 Å². The van der Waals surface area contributed by atoms with Crippen molar-refractivity contribution in [3.05, 3.63) is 29.8 Å². The lowest BCUT2D eigenvalue weighted by molar-refractivity contribution is -0.137. The van der Waals surface area contributed by atoms with Gasteiger partial charge >= 0.3 is 0 Å². The molecule has 1 aromatic carbocycles. The van der Waals surface area contributed by atoms with E-state index in [2.05, 4.69) is 5.32 Å². The van der Waals surface area contributed by atoms with Crippen LogP contribution in [0, 0.1) is 0 Å². The average Bonchev–Trinajstić information content (AvgIpc) is 2.38. The van der Waals surface area contributed by atoms with Gasteiger partial charge in [0, 0.05) is 13.6 Å². The van der Waals surface area contributed by atoms with Crippen LogP contribution >= 0.6 is 0 Å². The first kappa shape index (κ1) is 13.9. The van der Waals surface area contributed by atoms with E-state index in [1.807, 2.05) is 20.0 Å². The van der Waals surface area contributed by atoms with E-state index in [1.165, 1.54) is 0 Å². The minimum Gasteiger partial charge on any atom is -0.508 e. The van der Waals surface area contributed by atoms with Gasteiger partial charge in [-0.2, -0.15) is 0 Å². The number of amides is 1. The van der Waals surface area contributed by atoms with E-state index in [0.717, 1.165) is 31.4 Å². The monoisotopic (exact) mass is 262 g/mol. The lowest BCUT2D eigenvalue weighted by Gasteiger charge is -2.36. The maximum atomic E-state index is 12.5. The van der Waals surface area contributed by atoms with Crippen LogP contribution < -0.4 is 5.32 Å². The molecule has 4 nitrogen and oxygen atoms in total. The molecule has 4 heteroatoms. The van der Waals surface area contributed by atoms with E-state index in [4.69, 9.17) is 0 Å². The van der Waals surface area contributed by atoms with Crippen LogP contribution in [0.15, 0.2) is 24.3 Å². The molecule has 104 valence electrons. The molecule has 0 bridgehead atoms. The summed E-state index contributed by atoms with van der Waals surface area (Å²) < 4.78 is 0. The van der Waals surface area contributed by atoms with Crippen molar-refractivity contribution in [2.75, 3.05) is 13.6 Å². The number of phenolic OH excluding ortho intramolecular Hbond substituents is 1. The number of carbonyl (C=O) groups is 1. The summed E-state index contributed by atoms with van der Waals surface area (Å²) in [4.78, 5) is 14.2. The number of nitrogens with one attached hydrogen (secondary N) is 1. The zero-order chi connectivity index (χ0) is 13.9. The quantitative estimate of drug-likeness (QED) is 0.874. The second kappa shape index (κ2) is 5.61.